The number of benzene rings is 1. The van der Waals surface area contributed by atoms with Crippen LogP contribution in [0.1, 0.15) is 5.76 Å². The second-order valence-corrected chi connectivity index (χ2v) is 5.32. The molecular formula is C15H16F2N4O2. The van der Waals surface area contributed by atoms with Crippen molar-refractivity contribution in [1.29, 1.82) is 0 Å². The van der Waals surface area contributed by atoms with Crippen LogP contribution in [0.3, 0.4) is 0 Å². The molecule has 0 aliphatic carbocycles. The number of nitrogens with zero attached hydrogens (tertiary/aromatic N) is 3. The molecule has 8 heteroatoms. The molecule has 0 spiro atoms. The van der Waals surface area contributed by atoms with Gasteiger partial charge in [0, 0.05) is 38.3 Å². The number of halogens is 2. The Balaban J connectivity index is 1.58. The Bertz CT molecular complexity index is 711. The lowest BCUT2D eigenvalue weighted by atomic mass is 10.3. The van der Waals surface area contributed by atoms with Gasteiger partial charge in [0.15, 0.2) is 5.82 Å². The molecule has 1 aromatic heterocycles. The summed E-state index contributed by atoms with van der Waals surface area (Å²) in [5, 5.41) is 6.40. The molecule has 1 saturated heterocycles. The van der Waals surface area contributed by atoms with Crippen molar-refractivity contribution in [2.75, 3.05) is 36.4 Å². The molecule has 0 radical (unpaired) electrons. The van der Waals surface area contributed by atoms with E-state index in [-0.39, 0.29) is 5.69 Å². The fourth-order valence-electron chi connectivity index (χ4n) is 2.43. The lowest BCUT2D eigenvalue weighted by Gasteiger charge is -2.34. The Kier molecular flexibility index (Phi) is 4.14. The topological polar surface area (TPSA) is 61.6 Å². The summed E-state index contributed by atoms with van der Waals surface area (Å²) in [6.45, 7) is 3.97. The Morgan fingerprint density at radius 3 is 2.57 bits per heavy atom. The predicted molar refractivity (Wildman–Crippen MR) is 80.4 cm³/mol. The van der Waals surface area contributed by atoms with E-state index >= 15 is 0 Å². The molecule has 23 heavy (non-hydrogen) atoms. The first kappa shape index (κ1) is 15.3. The van der Waals surface area contributed by atoms with Crippen LogP contribution in [0.25, 0.3) is 0 Å². The van der Waals surface area contributed by atoms with Gasteiger partial charge in [-0.25, -0.2) is 13.6 Å². The number of piperazine rings is 1. The van der Waals surface area contributed by atoms with Gasteiger partial charge in [-0.15, -0.1) is 0 Å². The fourth-order valence-corrected chi connectivity index (χ4v) is 2.43. The summed E-state index contributed by atoms with van der Waals surface area (Å²) < 4.78 is 31.5. The maximum Gasteiger partial charge on any atom is 0.322 e. The van der Waals surface area contributed by atoms with E-state index in [1.54, 1.807) is 4.90 Å². The molecule has 2 amide bonds. The van der Waals surface area contributed by atoms with E-state index < -0.39 is 17.7 Å². The summed E-state index contributed by atoms with van der Waals surface area (Å²) in [5.74, 6) is -0.00817. The molecule has 1 aliphatic rings. The highest BCUT2D eigenvalue weighted by Crippen LogP contribution is 2.18. The van der Waals surface area contributed by atoms with Crippen LogP contribution in [0.4, 0.5) is 25.1 Å². The number of hydrogen-bond donors (Lipinski definition) is 1. The number of rotatable bonds is 2. The number of nitrogens with one attached hydrogen (secondary N) is 1. The second-order valence-electron chi connectivity index (χ2n) is 5.32. The number of carbonyl (C=O) groups is 1. The van der Waals surface area contributed by atoms with Gasteiger partial charge in [-0.1, -0.05) is 5.16 Å². The van der Waals surface area contributed by atoms with Crippen molar-refractivity contribution in [2.24, 2.45) is 0 Å². The third-order valence-corrected chi connectivity index (χ3v) is 3.68. The van der Waals surface area contributed by atoms with Crippen LogP contribution in [0.5, 0.6) is 0 Å². The molecule has 2 aromatic rings. The first-order valence-corrected chi connectivity index (χ1v) is 7.22. The molecule has 0 saturated carbocycles. The van der Waals surface area contributed by atoms with Gasteiger partial charge in [0.2, 0.25) is 0 Å². The van der Waals surface area contributed by atoms with Gasteiger partial charge < -0.3 is 19.6 Å². The quantitative estimate of drug-likeness (QED) is 0.923. The molecule has 1 fully saturated rings. The summed E-state index contributed by atoms with van der Waals surface area (Å²) in [7, 11) is 0. The minimum atomic E-state index is -0.796. The predicted octanol–water partition coefficient (Wildman–Crippen LogP) is 2.62. The molecule has 1 N–H and O–H groups in total. The summed E-state index contributed by atoms with van der Waals surface area (Å²) in [6, 6.07) is 4.47. The molecule has 2 heterocycles. The lowest BCUT2D eigenvalue weighted by molar-refractivity contribution is 0.207. The number of carbonyl (C=O) groups excluding carboxylic acids is 1. The molecule has 1 aliphatic heterocycles. The minimum Gasteiger partial charge on any atom is -0.360 e. The zero-order valence-corrected chi connectivity index (χ0v) is 12.6. The van der Waals surface area contributed by atoms with Crippen LogP contribution in [-0.2, 0) is 0 Å². The van der Waals surface area contributed by atoms with Crippen molar-refractivity contribution in [3.8, 4) is 0 Å². The van der Waals surface area contributed by atoms with Gasteiger partial charge in [0.1, 0.15) is 17.4 Å². The molecule has 0 atom stereocenters. The summed E-state index contributed by atoms with van der Waals surface area (Å²) >= 11 is 0. The molecule has 6 nitrogen and oxygen atoms in total. The van der Waals surface area contributed by atoms with Crippen molar-refractivity contribution >= 4 is 17.5 Å². The van der Waals surface area contributed by atoms with E-state index in [1.165, 1.54) is 6.07 Å². The highest BCUT2D eigenvalue weighted by Gasteiger charge is 2.23. The molecular weight excluding hydrogens is 306 g/mol. The third kappa shape index (κ3) is 3.41. The van der Waals surface area contributed by atoms with Crippen molar-refractivity contribution < 1.29 is 18.1 Å². The van der Waals surface area contributed by atoms with Crippen LogP contribution in [0, 0.1) is 18.6 Å². The first-order chi connectivity index (χ1) is 11.0. The van der Waals surface area contributed by atoms with Gasteiger partial charge in [0.05, 0.1) is 5.69 Å². The van der Waals surface area contributed by atoms with Gasteiger partial charge in [-0.05, 0) is 19.1 Å². The van der Waals surface area contributed by atoms with Gasteiger partial charge in [0.25, 0.3) is 0 Å². The van der Waals surface area contributed by atoms with Crippen LogP contribution in [0.2, 0.25) is 0 Å². The minimum absolute atomic E-state index is 0.0362. The van der Waals surface area contributed by atoms with Gasteiger partial charge >= 0.3 is 6.03 Å². The van der Waals surface area contributed by atoms with E-state index in [1.807, 2.05) is 17.9 Å². The normalized spacial score (nSPS) is 14.9. The lowest BCUT2D eigenvalue weighted by Crippen LogP contribution is -2.50. The van der Waals surface area contributed by atoms with E-state index in [9.17, 15) is 13.6 Å². The number of urea groups is 1. The van der Waals surface area contributed by atoms with Gasteiger partial charge in [-0.2, -0.15) is 0 Å². The number of anilines is 2. The molecule has 122 valence electrons. The first-order valence-electron chi connectivity index (χ1n) is 7.22. The Morgan fingerprint density at radius 1 is 1.22 bits per heavy atom. The number of aromatic nitrogens is 1. The number of aryl methyl sites for hydroxylation is 1. The van der Waals surface area contributed by atoms with Crippen LogP contribution in [0.15, 0.2) is 28.8 Å². The molecule has 0 bridgehead atoms. The van der Waals surface area contributed by atoms with Gasteiger partial charge in [-0.3, -0.25) is 0 Å². The number of hydrogen-bond acceptors (Lipinski definition) is 4. The second kappa shape index (κ2) is 6.23. The smallest absolute Gasteiger partial charge is 0.322 e. The van der Waals surface area contributed by atoms with Crippen LogP contribution in [-0.4, -0.2) is 42.3 Å². The highest BCUT2D eigenvalue weighted by molar-refractivity contribution is 5.89. The van der Waals surface area contributed by atoms with E-state index in [2.05, 4.69) is 10.5 Å². The highest BCUT2D eigenvalue weighted by atomic mass is 19.1. The van der Waals surface area contributed by atoms with Crippen LogP contribution >= 0.6 is 0 Å². The maximum atomic E-state index is 13.6. The monoisotopic (exact) mass is 322 g/mol. The zero-order valence-electron chi connectivity index (χ0n) is 12.6. The Morgan fingerprint density at radius 2 is 1.96 bits per heavy atom. The van der Waals surface area contributed by atoms with Crippen molar-refractivity contribution in [3.05, 3.63) is 41.7 Å². The molecule has 1 aromatic carbocycles. The van der Waals surface area contributed by atoms with Crippen molar-refractivity contribution in [2.45, 2.75) is 6.92 Å². The van der Waals surface area contributed by atoms with E-state index in [0.717, 1.165) is 23.7 Å². The average molecular weight is 322 g/mol. The largest absolute Gasteiger partial charge is 0.360 e. The van der Waals surface area contributed by atoms with Crippen molar-refractivity contribution in [3.63, 3.8) is 0 Å². The number of amides is 2. The zero-order chi connectivity index (χ0) is 16.4. The summed E-state index contributed by atoms with van der Waals surface area (Å²) in [6.07, 6.45) is 0. The summed E-state index contributed by atoms with van der Waals surface area (Å²) in [4.78, 5) is 15.7. The Hall–Kier alpha value is -2.64. The third-order valence-electron chi connectivity index (χ3n) is 3.68. The molecule has 0 unspecified atom stereocenters. The maximum absolute atomic E-state index is 13.6. The fraction of sp³-hybridized carbons (Fsp3) is 0.333. The van der Waals surface area contributed by atoms with Crippen molar-refractivity contribution in [1.82, 2.24) is 10.1 Å². The average Bonchev–Trinajstić information content (AvgIpc) is 2.97. The summed E-state index contributed by atoms with van der Waals surface area (Å²) in [5.41, 5.74) is -0.0362. The van der Waals surface area contributed by atoms with E-state index in [4.69, 9.17) is 4.52 Å². The van der Waals surface area contributed by atoms with Crippen LogP contribution < -0.4 is 10.2 Å². The standard InChI is InChI=1S/C15H16F2N4O2/c1-10-8-14(19-23-10)20-4-6-21(7-5-20)15(22)18-13-3-2-11(16)9-12(13)17/h2-3,8-9H,4-7H2,1H3,(H,18,22). The SMILES string of the molecule is Cc1cc(N2CCN(C(=O)Nc3ccc(F)cc3F)CC2)no1. The molecule has 3 rings (SSSR count). The van der Waals surface area contributed by atoms with E-state index in [0.29, 0.717) is 26.2 Å². The Labute approximate surface area is 131 Å².